The number of carbonyl (C=O) groups excluding carboxylic acids is 1. The fraction of sp³-hybridized carbons (Fsp3) is 0.917. The summed E-state index contributed by atoms with van der Waals surface area (Å²) >= 11 is 0. The molecule has 0 spiro atoms. The first-order chi connectivity index (χ1) is 7.62. The molecule has 4 nitrogen and oxygen atoms in total. The second-order valence-electron chi connectivity index (χ2n) is 4.66. The van der Waals surface area contributed by atoms with E-state index in [0.29, 0.717) is 6.42 Å². The molecule has 1 saturated carbocycles. The molecule has 0 amide bonds. The number of hydrogen-bond acceptors (Lipinski definition) is 3. The smallest absolute Gasteiger partial charge is 0.326 e. The molecular formula is C12H24NO3+. The van der Waals surface area contributed by atoms with E-state index in [-0.39, 0.29) is 12.1 Å². The van der Waals surface area contributed by atoms with Crippen LogP contribution in [0, 0.1) is 0 Å². The molecule has 1 aliphatic carbocycles. The molecule has 0 radical (unpaired) electrons. The third kappa shape index (κ3) is 3.46. The van der Waals surface area contributed by atoms with Crippen LogP contribution in [0.5, 0.6) is 0 Å². The van der Waals surface area contributed by atoms with E-state index in [2.05, 4.69) is 11.7 Å². The molecule has 4 heteroatoms. The average Bonchev–Trinajstić information content (AvgIpc) is 2.28. The van der Waals surface area contributed by atoms with Gasteiger partial charge in [0.05, 0.1) is 7.11 Å². The molecule has 94 valence electrons. The minimum Gasteiger partial charge on any atom is -0.468 e. The molecular weight excluding hydrogens is 206 g/mol. The first kappa shape index (κ1) is 13.5. The second-order valence-corrected chi connectivity index (χ2v) is 4.66. The van der Waals surface area contributed by atoms with Crippen LogP contribution in [0.15, 0.2) is 0 Å². The van der Waals surface area contributed by atoms with Gasteiger partial charge in [-0.25, -0.2) is 0 Å². The zero-order chi connectivity index (χ0) is 12.0. The van der Waals surface area contributed by atoms with E-state index >= 15 is 0 Å². The van der Waals surface area contributed by atoms with Crippen molar-refractivity contribution in [2.75, 3.05) is 13.7 Å². The summed E-state index contributed by atoms with van der Waals surface area (Å²) < 4.78 is 9.36. The summed E-state index contributed by atoms with van der Waals surface area (Å²) in [5.41, 5.74) is 5.27. The van der Waals surface area contributed by atoms with Crippen LogP contribution in [-0.2, 0) is 9.53 Å². The topological polar surface area (TPSA) is 65.1 Å². The maximum atomic E-state index is 11.6. The normalized spacial score (nSPS) is 30.1. The van der Waals surface area contributed by atoms with E-state index in [4.69, 9.17) is 10.5 Å². The van der Waals surface area contributed by atoms with E-state index in [1.807, 2.05) is 0 Å². The highest BCUT2D eigenvalue weighted by Gasteiger charge is 2.42. The zero-order valence-electron chi connectivity index (χ0n) is 10.4. The molecule has 0 heterocycles. The van der Waals surface area contributed by atoms with Crippen LogP contribution in [-0.4, -0.2) is 36.1 Å². The molecule has 1 fully saturated rings. The summed E-state index contributed by atoms with van der Waals surface area (Å²) in [6.45, 7) is 3.04. The molecule has 0 saturated heterocycles. The fourth-order valence-corrected chi connectivity index (χ4v) is 2.25. The fourth-order valence-electron chi connectivity index (χ4n) is 2.25. The molecule has 0 aliphatic heterocycles. The van der Waals surface area contributed by atoms with Crippen molar-refractivity contribution < 1.29 is 14.3 Å². The van der Waals surface area contributed by atoms with Gasteiger partial charge >= 0.3 is 5.97 Å². The van der Waals surface area contributed by atoms with Gasteiger partial charge in [-0.3, -0.25) is 4.79 Å². The minimum atomic E-state index is -0.798. The van der Waals surface area contributed by atoms with Gasteiger partial charge in [0.2, 0.25) is 0 Å². The van der Waals surface area contributed by atoms with Gasteiger partial charge in [-0.15, -0.1) is 0 Å². The number of aliphatic hydroxyl groups is 2. The van der Waals surface area contributed by atoms with Crippen molar-refractivity contribution in [3.63, 3.8) is 0 Å². The molecule has 2 atom stereocenters. The van der Waals surface area contributed by atoms with Crippen LogP contribution in [0.4, 0.5) is 0 Å². The SMILES string of the molecule is CCCC[OH+]C1CCCC(N)(C(=O)OC)C1. The Bertz CT molecular complexity index is 232. The van der Waals surface area contributed by atoms with E-state index in [1.54, 1.807) is 0 Å². The quantitative estimate of drug-likeness (QED) is 0.437. The lowest BCUT2D eigenvalue weighted by molar-refractivity contribution is -0.160. The summed E-state index contributed by atoms with van der Waals surface area (Å²) in [5, 5.41) is 0. The van der Waals surface area contributed by atoms with Crippen LogP contribution in [0.1, 0.15) is 45.4 Å². The number of unbranched alkanes of at least 4 members (excludes halogenated alkanes) is 1. The molecule has 1 rings (SSSR count). The Hall–Kier alpha value is -0.610. The van der Waals surface area contributed by atoms with Gasteiger partial charge in [0.1, 0.15) is 12.1 Å². The van der Waals surface area contributed by atoms with Gasteiger partial charge < -0.3 is 15.2 Å². The van der Waals surface area contributed by atoms with E-state index in [0.717, 1.165) is 38.7 Å². The second kappa shape index (κ2) is 6.21. The largest absolute Gasteiger partial charge is 0.468 e. The molecule has 16 heavy (non-hydrogen) atoms. The van der Waals surface area contributed by atoms with Crippen molar-refractivity contribution in [2.24, 2.45) is 5.73 Å². The number of ether oxygens (including phenoxy) is 2. The third-order valence-corrected chi connectivity index (χ3v) is 3.25. The predicted octanol–water partition coefficient (Wildman–Crippen LogP) is 1.13. The van der Waals surface area contributed by atoms with Gasteiger partial charge in [-0.05, 0) is 19.3 Å². The van der Waals surface area contributed by atoms with E-state index in [9.17, 15) is 4.79 Å². The number of methoxy groups -OCH3 is 1. The zero-order valence-corrected chi connectivity index (χ0v) is 10.4. The first-order valence-corrected chi connectivity index (χ1v) is 6.16. The van der Waals surface area contributed by atoms with Crippen molar-refractivity contribution in [1.82, 2.24) is 0 Å². The third-order valence-electron chi connectivity index (χ3n) is 3.25. The van der Waals surface area contributed by atoms with Gasteiger partial charge in [0.15, 0.2) is 6.10 Å². The van der Waals surface area contributed by atoms with Crippen LogP contribution in [0.2, 0.25) is 0 Å². The van der Waals surface area contributed by atoms with Gasteiger partial charge in [-0.2, -0.15) is 0 Å². The first-order valence-electron chi connectivity index (χ1n) is 6.16. The standard InChI is InChI=1S/C12H23NO3/c1-3-4-8-16-10-6-5-7-12(13,9-10)11(14)15-2/h10H,3-9,13H2,1-2H3/p+1. The molecule has 1 aliphatic rings. The number of rotatable bonds is 5. The molecule has 0 aromatic carbocycles. The maximum absolute atomic E-state index is 11.6. The van der Waals surface area contributed by atoms with Crippen LogP contribution < -0.4 is 5.73 Å². The van der Waals surface area contributed by atoms with Crippen LogP contribution in [0.25, 0.3) is 0 Å². The van der Waals surface area contributed by atoms with Gasteiger partial charge in [0, 0.05) is 19.3 Å². The Balaban J connectivity index is 2.43. The highest BCUT2D eigenvalue weighted by Crippen LogP contribution is 2.28. The summed E-state index contributed by atoms with van der Waals surface area (Å²) in [4.78, 5) is 11.6. The number of hydrogen-bond donors (Lipinski definition) is 1. The van der Waals surface area contributed by atoms with Crippen molar-refractivity contribution >= 4 is 5.97 Å². The molecule has 2 unspecified atom stereocenters. The summed E-state index contributed by atoms with van der Waals surface area (Å²) in [6.07, 6.45) is 5.89. The summed E-state index contributed by atoms with van der Waals surface area (Å²) in [6, 6.07) is 0. The summed E-state index contributed by atoms with van der Waals surface area (Å²) in [7, 11) is 1.40. The Morgan fingerprint density at radius 3 is 3.00 bits per heavy atom. The number of nitrogens with two attached hydrogens (primary N) is 1. The lowest BCUT2D eigenvalue weighted by Gasteiger charge is -2.33. The highest BCUT2D eigenvalue weighted by atomic mass is 16.5. The van der Waals surface area contributed by atoms with E-state index in [1.165, 1.54) is 7.11 Å². The van der Waals surface area contributed by atoms with Crippen molar-refractivity contribution in [2.45, 2.75) is 57.1 Å². The molecule has 3 N–H and O–H groups in total. The van der Waals surface area contributed by atoms with Crippen molar-refractivity contribution in [3.8, 4) is 0 Å². The van der Waals surface area contributed by atoms with E-state index < -0.39 is 5.54 Å². The molecule has 0 aromatic heterocycles. The van der Waals surface area contributed by atoms with Crippen molar-refractivity contribution in [1.29, 1.82) is 0 Å². The van der Waals surface area contributed by atoms with Gasteiger partial charge in [-0.1, -0.05) is 6.92 Å². The van der Waals surface area contributed by atoms with Crippen LogP contribution >= 0.6 is 0 Å². The Morgan fingerprint density at radius 2 is 2.38 bits per heavy atom. The van der Waals surface area contributed by atoms with Gasteiger partial charge in [0.25, 0.3) is 0 Å². The van der Waals surface area contributed by atoms with Crippen LogP contribution in [0.3, 0.4) is 0 Å². The highest BCUT2D eigenvalue weighted by molar-refractivity contribution is 5.80. The minimum absolute atomic E-state index is 0.240. The number of carbonyl (C=O) groups is 1. The molecule has 0 aromatic rings. The predicted molar refractivity (Wildman–Crippen MR) is 63.2 cm³/mol. The monoisotopic (exact) mass is 230 g/mol. The summed E-state index contributed by atoms with van der Waals surface area (Å²) in [5.74, 6) is -0.289. The average molecular weight is 230 g/mol. The lowest BCUT2D eigenvalue weighted by Crippen LogP contribution is -2.54. The Labute approximate surface area is 97.5 Å². The molecule has 0 bridgehead atoms. The van der Waals surface area contributed by atoms with Crippen molar-refractivity contribution in [3.05, 3.63) is 0 Å². The Morgan fingerprint density at radius 1 is 1.62 bits per heavy atom. The number of esters is 1. The lowest BCUT2D eigenvalue weighted by atomic mass is 9.81. The maximum Gasteiger partial charge on any atom is 0.326 e. The Kier molecular flexibility index (Phi) is 5.22.